The number of nitriles is 1. The van der Waals surface area contributed by atoms with Gasteiger partial charge in [-0.1, -0.05) is 0 Å². The lowest BCUT2D eigenvalue weighted by molar-refractivity contribution is -0.150. The van der Waals surface area contributed by atoms with Gasteiger partial charge in [-0.05, 0) is 31.5 Å². The third kappa shape index (κ3) is 3.01. The highest BCUT2D eigenvalue weighted by molar-refractivity contribution is 5.90. The van der Waals surface area contributed by atoms with Gasteiger partial charge in [0.15, 0.2) is 0 Å². The van der Waals surface area contributed by atoms with Crippen LogP contribution in [0.2, 0.25) is 0 Å². The molecule has 1 aromatic carbocycles. The fourth-order valence-corrected chi connectivity index (χ4v) is 2.43. The first-order valence-corrected chi connectivity index (χ1v) is 6.73. The van der Waals surface area contributed by atoms with E-state index < -0.39 is 17.3 Å². The predicted octanol–water partition coefficient (Wildman–Crippen LogP) is 2.11. The van der Waals surface area contributed by atoms with Gasteiger partial charge in [0.25, 0.3) is 0 Å². The first-order chi connectivity index (χ1) is 10.4. The van der Waals surface area contributed by atoms with Crippen LogP contribution in [-0.2, 0) is 9.53 Å². The molecule has 6 nitrogen and oxygen atoms in total. The van der Waals surface area contributed by atoms with E-state index >= 15 is 0 Å². The summed E-state index contributed by atoms with van der Waals surface area (Å²) in [5.74, 6) is -0.997. The van der Waals surface area contributed by atoms with Crippen molar-refractivity contribution >= 4 is 17.7 Å². The smallest absolute Gasteiger partial charge is 0.321 e. The van der Waals surface area contributed by atoms with Crippen molar-refractivity contribution in [2.45, 2.75) is 13.3 Å². The Bertz CT molecular complexity index is 656. The highest BCUT2D eigenvalue weighted by Crippen LogP contribution is 2.31. The van der Waals surface area contributed by atoms with Crippen molar-refractivity contribution in [3.63, 3.8) is 0 Å². The summed E-state index contributed by atoms with van der Waals surface area (Å²) in [5.41, 5.74) is -0.563. The number of hydrogen-bond donors (Lipinski definition) is 1. The Morgan fingerprint density at radius 2 is 2.23 bits per heavy atom. The Morgan fingerprint density at radius 3 is 2.86 bits per heavy atom. The van der Waals surface area contributed by atoms with Crippen LogP contribution in [-0.4, -0.2) is 37.1 Å². The highest BCUT2D eigenvalue weighted by Gasteiger charge is 2.43. The van der Waals surface area contributed by atoms with Crippen molar-refractivity contribution in [3.8, 4) is 6.07 Å². The lowest BCUT2D eigenvalue weighted by Gasteiger charge is -2.22. The minimum absolute atomic E-state index is 0.0595. The summed E-state index contributed by atoms with van der Waals surface area (Å²) in [6.45, 7) is 2.30. The van der Waals surface area contributed by atoms with Gasteiger partial charge in [-0.2, -0.15) is 5.26 Å². The van der Waals surface area contributed by atoms with Crippen molar-refractivity contribution in [2.24, 2.45) is 5.41 Å². The van der Waals surface area contributed by atoms with Gasteiger partial charge < -0.3 is 15.0 Å². The highest BCUT2D eigenvalue weighted by atomic mass is 19.1. The molecule has 1 saturated heterocycles. The van der Waals surface area contributed by atoms with Gasteiger partial charge in [-0.3, -0.25) is 4.79 Å². The number of urea groups is 1. The second kappa shape index (κ2) is 6.02. The van der Waals surface area contributed by atoms with E-state index in [1.165, 1.54) is 24.1 Å². The van der Waals surface area contributed by atoms with E-state index in [1.54, 1.807) is 6.92 Å². The SMILES string of the molecule is COC(=O)C1(C)CCN(C(=O)Nc2cc(C#N)ccc2F)C1. The molecule has 0 saturated carbocycles. The van der Waals surface area contributed by atoms with Crippen LogP contribution < -0.4 is 5.32 Å². The molecule has 1 atom stereocenters. The molecule has 1 aromatic rings. The van der Waals surface area contributed by atoms with Crippen LogP contribution >= 0.6 is 0 Å². The molecule has 1 aliphatic heterocycles. The lowest BCUT2D eigenvalue weighted by atomic mass is 9.90. The predicted molar refractivity (Wildman–Crippen MR) is 76.4 cm³/mol. The molecule has 0 radical (unpaired) electrons. The summed E-state index contributed by atoms with van der Waals surface area (Å²) < 4.78 is 18.4. The molecule has 0 aliphatic carbocycles. The van der Waals surface area contributed by atoms with Crippen LogP contribution in [0.5, 0.6) is 0 Å². The van der Waals surface area contributed by atoms with E-state index in [0.29, 0.717) is 13.0 Å². The number of amides is 2. The molecular weight excluding hydrogens is 289 g/mol. The lowest BCUT2D eigenvalue weighted by Crippen LogP contribution is -2.37. The van der Waals surface area contributed by atoms with E-state index in [9.17, 15) is 14.0 Å². The zero-order valence-electron chi connectivity index (χ0n) is 12.4. The molecule has 7 heteroatoms. The van der Waals surface area contributed by atoms with E-state index in [4.69, 9.17) is 10.00 Å². The van der Waals surface area contributed by atoms with Crippen molar-refractivity contribution in [3.05, 3.63) is 29.6 Å². The van der Waals surface area contributed by atoms with Gasteiger partial charge in [0.1, 0.15) is 5.82 Å². The number of nitrogens with zero attached hydrogens (tertiary/aromatic N) is 2. The minimum atomic E-state index is -0.751. The standard InChI is InChI=1S/C15H16FN3O3/c1-15(13(20)22-2)5-6-19(9-15)14(21)18-12-7-10(8-17)3-4-11(12)16/h3-4,7H,5-6,9H2,1-2H3,(H,18,21). The molecule has 2 rings (SSSR count). The quantitative estimate of drug-likeness (QED) is 0.848. The number of likely N-dealkylation sites (tertiary alicyclic amines) is 1. The molecule has 1 aliphatic rings. The number of carbonyl (C=O) groups is 2. The fourth-order valence-electron chi connectivity index (χ4n) is 2.43. The number of hydrogen-bond acceptors (Lipinski definition) is 4. The molecule has 1 fully saturated rings. The Kier molecular flexibility index (Phi) is 4.31. The number of methoxy groups -OCH3 is 1. The Hall–Kier alpha value is -2.62. The second-order valence-electron chi connectivity index (χ2n) is 5.46. The summed E-state index contributed by atoms with van der Waals surface area (Å²) in [6.07, 6.45) is 0.480. The van der Waals surface area contributed by atoms with Crippen molar-refractivity contribution in [1.82, 2.24) is 4.90 Å². The zero-order valence-corrected chi connectivity index (χ0v) is 12.4. The molecule has 1 heterocycles. The number of halogens is 1. The van der Waals surface area contributed by atoms with Crippen LogP contribution in [0.3, 0.4) is 0 Å². The Balaban J connectivity index is 2.08. The Labute approximate surface area is 127 Å². The summed E-state index contributed by atoms with van der Waals surface area (Å²) in [4.78, 5) is 25.3. The monoisotopic (exact) mass is 305 g/mol. The van der Waals surface area contributed by atoms with Crippen molar-refractivity contribution in [2.75, 3.05) is 25.5 Å². The van der Waals surface area contributed by atoms with Gasteiger partial charge in [-0.25, -0.2) is 9.18 Å². The first-order valence-electron chi connectivity index (χ1n) is 6.73. The number of benzene rings is 1. The zero-order chi connectivity index (χ0) is 16.3. The molecule has 0 bridgehead atoms. The maximum atomic E-state index is 13.7. The minimum Gasteiger partial charge on any atom is -0.469 e. The molecular formula is C15H16FN3O3. The molecule has 2 amide bonds. The first kappa shape index (κ1) is 15.8. The fraction of sp³-hybridized carbons (Fsp3) is 0.400. The molecule has 22 heavy (non-hydrogen) atoms. The summed E-state index contributed by atoms with van der Waals surface area (Å²) in [5, 5.41) is 11.2. The topological polar surface area (TPSA) is 82.4 Å². The van der Waals surface area contributed by atoms with E-state index in [2.05, 4.69) is 5.32 Å². The largest absolute Gasteiger partial charge is 0.469 e. The third-order valence-electron chi connectivity index (χ3n) is 3.78. The van der Waals surface area contributed by atoms with E-state index in [0.717, 1.165) is 6.07 Å². The maximum absolute atomic E-state index is 13.7. The number of carbonyl (C=O) groups excluding carboxylic acids is 2. The van der Waals surface area contributed by atoms with Crippen LogP contribution in [0.15, 0.2) is 18.2 Å². The van der Waals surface area contributed by atoms with Gasteiger partial charge in [0.05, 0.1) is 29.8 Å². The average Bonchev–Trinajstić information content (AvgIpc) is 2.92. The normalized spacial score (nSPS) is 20.4. The van der Waals surface area contributed by atoms with E-state index in [-0.39, 0.29) is 23.8 Å². The summed E-state index contributed by atoms with van der Waals surface area (Å²) >= 11 is 0. The number of esters is 1. The molecule has 1 N–H and O–H groups in total. The van der Waals surface area contributed by atoms with Gasteiger partial charge in [-0.15, -0.1) is 0 Å². The molecule has 116 valence electrons. The number of rotatable bonds is 2. The summed E-state index contributed by atoms with van der Waals surface area (Å²) in [6, 6.07) is 5.08. The summed E-state index contributed by atoms with van der Waals surface area (Å²) in [7, 11) is 1.30. The van der Waals surface area contributed by atoms with Gasteiger partial charge in [0.2, 0.25) is 0 Å². The van der Waals surface area contributed by atoms with Crippen LogP contribution in [0.1, 0.15) is 18.9 Å². The molecule has 0 spiro atoms. The average molecular weight is 305 g/mol. The van der Waals surface area contributed by atoms with Crippen LogP contribution in [0, 0.1) is 22.6 Å². The molecule has 0 aromatic heterocycles. The Morgan fingerprint density at radius 1 is 1.50 bits per heavy atom. The van der Waals surface area contributed by atoms with Crippen LogP contribution in [0.25, 0.3) is 0 Å². The van der Waals surface area contributed by atoms with E-state index in [1.807, 2.05) is 6.07 Å². The third-order valence-corrected chi connectivity index (χ3v) is 3.78. The van der Waals surface area contributed by atoms with Gasteiger partial charge >= 0.3 is 12.0 Å². The number of nitrogens with one attached hydrogen (secondary N) is 1. The number of anilines is 1. The molecule has 1 unspecified atom stereocenters. The van der Waals surface area contributed by atoms with Crippen molar-refractivity contribution < 1.29 is 18.7 Å². The van der Waals surface area contributed by atoms with Crippen molar-refractivity contribution in [1.29, 1.82) is 5.26 Å². The maximum Gasteiger partial charge on any atom is 0.321 e. The second-order valence-corrected chi connectivity index (χ2v) is 5.46. The number of ether oxygens (including phenoxy) is 1. The van der Waals surface area contributed by atoms with Crippen LogP contribution in [0.4, 0.5) is 14.9 Å². The van der Waals surface area contributed by atoms with Gasteiger partial charge in [0, 0.05) is 13.1 Å².